The van der Waals surface area contributed by atoms with Gasteiger partial charge in [-0.05, 0) is 31.4 Å². The van der Waals surface area contributed by atoms with Gasteiger partial charge in [0.1, 0.15) is 6.54 Å². The first-order valence-electron chi connectivity index (χ1n) is 6.69. The number of carboxylic acids is 1. The molecule has 2 N–H and O–H groups in total. The van der Waals surface area contributed by atoms with Gasteiger partial charge in [-0.15, -0.1) is 16.4 Å². The molecule has 0 bridgehead atoms. The Morgan fingerprint density at radius 2 is 2.18 bits per heavy atom. The predicted molar refractivity (Wildman–Crippen MR) is 82.3 cm³/mol. The Hall–Kier alpha value is -1.93. The number of hydrogen-bond acceptors (Lipinski definition) is 5. The first-order chi connectivity index (χ1) is 10.5. The second kappa shape index (κ2) is 7.90. The number of carboxylic acid groups (broad SMARTS) is 1. The van der Waals surface area contributed by atoms with Crippen molar-refractivity contribution in [2.45, 2.75) is 25.8 Å². The number of rotatable bonds is 8. The number of nitrogens with one attached hydrogen (secondary N) is 1. The number of thiophene rings is 1. The molecule has 0 fully saturated rings. The molecule has 2 heterocycles. The maximum absolute atomic E-state index is 11.7. The van der Waals surface area contributed by atoms with Crippen LogP contribution in [0.4, 0.5) is 0 Å². The topological polar surface area (TPSA) is 97.1 Å². The van der Waals surface area contributed by atoms with Crippen LogP contribution < -0.4 is 5.32 Å². The van der Waals surface area contributed by atoms with Crippen molar-refractivity contribution >= 4 is 34.8 Å². The smallest absolute Gasteiger partial charge is 0.358 e. The average Bonchev–Trinajstić information content (AvgIpc) is 3.08. The van der Waals surface area contributed by atoms with Crippen molar-refractivity contribution < 1.29 is 14.7 Å². The first-order valence-corrected chi connectivity index (χ1v) is 7.88. The number of unbranched alkanes of at least 4 members (excludes halogenated alkanes) is 1. The Morgan fingerprint density at radius 1 is 1.36 bits per heavy atom. The van der Waals surface area contributed by atoms with Gasteiger partial charge in [-0.25, -0.2) is 9.48 Å². The summed E-state index contributed by atoms with van der Waals surface area (Å²) in [7, 11) is 0. The summed E-state index contributed by atoms with van der Waals surface area (Å²) in [6.45, 7) is 0.527. The maximum atomic E-state index is 11.7. The molecule has 0 radical (unpaired) electrons. The number of amides is 1. The van der Waals surface area contributed by atoms with Crippen molar-refractivity contribution in [2.75, 3.05) is 6.54 Å². The molecule has 0 atom stereocenters. The van der Waals surface area contributed by atoms with E-state index in [1.807, 2.05) is 12.1 Å². The molecule has 0 aromatic carbocycles. The van der Waals surface area contributed by atoms with Gasteiger partial charge in [-0.1, -0.05) is 16.8 Å². The molecule has 2 aromatic rings. The molecule has 0 saturated carbocycles. The average molecular weight is 343 g/mol. The van der Waals surface area contributed by atoms with Gasteiger partial charge >= 0.3 is 5.97 Å². The zero-order valence-electron chi connectivity index (χ0n) is 11.7. The number of aryl methyl sites for hydroxylation is 1. The fourth-order valence-electron chi connectivity index (χ4n) is 1.81. The molecule has 7 nitrogen and oxygen atoms in total. The van der Waals surface area contributed by atoms with Crippen LogP contribution in [-0.2, 0) is 17.8 Å². The van der Waals surface area contributed by atoms with Gasteiger partial charge in [0.15, 0.2) is 5.69 Å². The molecule has 22 heavy (non-hydrogen) atoms. The van der Waals surface area contributed by atoms with E-state index in [1.54, 1.807) is 11.3 Å². The number of carbonyl (C=O) groups is 2. The van der Waals surface area contributed by atoms with Crippen LogP contribution in [-0.4, -0.2) is 38.5 Å². The number of hydrogen-bond donors (Lipinski definition) is 2. The molecular formula is C13H15ClN4O3S. The minimum Gasteiger partial charge on any atom is -0.476 e. The van der Waals surface area contributed by atoms with E-state index in [4.69, 9.17) is 16.7 Å². The summed E-state index contributed by atoms with van der Waals surface area (Å²) in [5, 5.41) is 18.5. The standard InChI is InChI=1S/C13H15ClN4O3S/c14-11-5-4-9(22-11)3-1-2-6-15-12(19)8-18-7-10(13(20)21)16-17-18/h4-5,7H,1-3,6,8H2,(H,15,19)(H,20,21). The van der Waals surface area contributed by atoms with Gasteiger partial charge < -0.3 is 10.4 Å². The second-order valence-electron chi connectivity index (χ2n) is 4.62. The van der Waals surface area contributed by atoms with Crippen molar-refractivity contribution in [1.82, 2.24) is 20.3 Å². The summed E-state index contributed by atoms with van der Waals surface area (Å²) in [4.78, 5) is 23.5. The van der Waals surface area contributed by atoms with Crippen LogP contribution >= 0.6 is 22.9 Å². The summed E-state index contributed by atoms with van der Waals surface area (Å²) in [6, 6.07) is 3.89. The molecular weight excluding hydrogens is 328 g/mol. The van der Waals surface area contributed by atoms with E-state index in [1.165, 1.54) is 15.8 Å². The molecule has 9 heteroatoms. The molecule has 2 aromatic heterocycles. The van der Waals surface area contributed by atoms with E-state index >= 15 is 0 Å². The largest absolute Gasteiger partial charge is 0.476 e. The molecule has 2 rings (SSSR count). The van der Waals surface area contributed by atoms with Gasteiger partial charge in [0.25, 0.3) is 0 Å². The van der Waals surface area contributed by atoms with Crippen LogP contribution in [0.3, 0.4) is 0 Å². The highest BCUT2D eigenvalue weighted by Crippen LogP contribution is 2.22. The summed E-state index contributed by atoms with van der Waals surface area (Å²) in [5.41, 5.74) is -0.178. The van der Waals surface area contributed by atoms with Crippen LogP contribution in [0.1, 0.15) is 28.2 Å². The summed E-state index contributed by atoms with van der Waals surface area (Å²) in [5.74, 6) is -1.39. The lowest BCUT2D eigenvalue weighted by Gasteiger charge is -2.04. The van der Waals surface area contributed by atoms with Gasteiger partial charge in [-0.2, -0.15) is 0 Å². The molecule has 0 aliphatic heterocycles. The van der Waals surface area contributed by atoms with Crippen LogP contribution in [0, 0.1) is 0 Å². The first kappa shape index (κ1) is 16.4. The molecule has 0 spiro atoms. The zero-order valence-corrected chi connectivity index (χ0v) is 13.2. The maximum Gasteiger partial charge on any atom is 0.358 e. The minimum absolute atomic E-state index is 0.0409. The lowest BCUT2D eigenvalue weighted by atomic mass is 10.2. The lowest BCUT2D eigenvalue weighted by molar-refractivity contribution is -0.121. The van der Waals surface area contributed by atoms with Crippen LogP contribution in [0.2, 0.25) is 4.34 Å². The highest BCUT2D eigenvalue weighted by Gasteiger charge is 2.10. The molecule has 0 saturated heterocycles. The molecule has 0 aliphatic rings. The summed E-state index contributed by atoms with van der Waals surface area (Å²) >= 11 is 7.42. The molecule has 118 valence electrons. The second-order valence-corrected chi connectivity index (χ2v) is 6.42. The predicted octanol–water partition coefficient (Wildman–Crippen LogP) is 1.83. The third-order valence-corrected chi connectivity index (χ3v) is 4.16. The van der Waals surface area contributed by atoms with Crippen LogP contribution in [0.15, 0.2) is 18.3 Å². The molecule has 1 amide bonds. The van der Waals surface area contributed by atoms with Gasteiger partial charge in [0, 0.05) is 11.4 Å². The zero-order chi connectivity index (χ0) is 15.9. The number of aromatic nitrogens is 3. The van der Waals surface area contributed by atoms with Crippen molar-refractivity contribution in [1.29, 1.82) is 0 Å². The van der Waals surface area contributed by atoms with Gasteiger partial charge in [0.2, 0.25) is 5.91 Å². The van der Waals surface area contributed by atoms with Crippen molar-refractivity contribution in [3.05, 3.63) is 33.2 Å². The van der Waals surface area contributed by atoms with E-state index in [9.17, 15) is 9.59 Å². The normalized spacial score (nSPS) is 10.6. The van der Waals surface area contributed by atoms with E-state index in [0.717, 1.165) is 23.6 Å². The quantitative estimate of drug-likeness (QED) is 0.713. The van der Waals surface area contributed by atoms with E-state index in [0.29, 0.717) is 6.54 Å². The fourth-order valence-corrected chi connectivity index (χ4v) is 2.94. The molecule has 0 aliphatic carbocycles. The van der Waals surface area contributed by atoms with Crippen molar-refractivity contribution in [2.24, 2.45) is 0 Å². The Balaban J connectivity index is 1.62. The summed E-state index contributed by atoms with van der Waals surface area (Å²) < 4.78 is 1.99. The highest BCUT2D eigenvalue weighted by atomic mass is 35.5. The van der Waals surface area contributed by atoms with Crippen molar-refractivity contribution in [3.8, 4) is 0 Å². The Bertz CT molecular complexity index is 655. The third kappa shape index (κ3) is 5.12. The Labute approximate surface area is 135 Å². The highest BCUT2D eigenvalue weighted by molar-refractivity contribution is 7.16. The summed E-state index contributed by atoms with van der Waals surface area (Å²) in [6.07, 6.45) is 3.99. The number of carbonyl (C=O) groups excluding carboxylic acids is 1. The SMILES string of the molecule is O=C(Cn1cc(C(=O)O)nn1)NCCCCc1ccc(Cl)s1. The third-order valence-electron chi connectivity index (χ3n) is 2.86. The number of aromatic carboxylic acids is 1. The van der Waals surface area contributed by atoms with E-state index in [-0.39, 0.29) is 18.1 Å². The Morgan fingerprint density at radius 3 is 2.82 bits per heavy atom. The van der Waals surface area contributed by atoms with Crippen LogP contribution in [0.5, 0.6) is 0 Å². The van der Waals surface area contributed by atoms with Gasteiger partial charge in [0.05, 0.1) is 10.5 Å². The van der Waals surface area contributed by atoms with Gasteiger partial charge in [-0.3, -0.25) is 4.79 Å². The van der Waals surface area contributed by atoms with E-state index < -0.39 is 5.97 Å². The number of halogens is 1. The molecule has 0 unspecified atom stereocenters. The van der Waals surface area contributed by atoms with E-state index in [2.05, 4.69) is 15.6 Å². The Kier molecular flexibility index (Phi) is 5.91. The monoisotopic (exact) mass is 342 g/mol. The minimum atomic E-state index is -1.17. The van der Waals surface area contributed by atoms with Crippen LogP contribution in [0.25, 0.3) is 0 Å². The fraction of sp³-hybridized carbons (Fsp3) is 0.385. The lowest BCUT2D eigenvalue weighted by Crippen LogP contribution is -2.28. The van der Waals surface area contributed by atoms with Crippen molar-refractivity contribution in [3.63, 3.8) is 0 Å². The number of nitrogens with zero attached hydrogens (tertiary/aromatic N) is 3.